The molecule has 1 aromatic heterocycles. The van der Waals surface area contributed by atoms with Crippen molar-refractivity contribution in [2.75, 3.05) is 6.54 Å². The van der Waals surface area contributed by atoms with Crippen LogP contribution in [0.5, 0.6) is 0 Å². The van der Waals surface area contributed by atoms with E-state index in [1.54, 1.807) is 6.20 Å². The maximum atomic E-state index is 5.47. The number of nitrogens with one attached hydrogen (secondary N) is 1. The number of oxazole rings is 1. The van der Waals surface area contributed by atoms with Crippen LogP contribution in [0.4, 0.5) is 0 Å². The zero-order chi connectivity index (χ0) is 9.10. The van der Waals surface area contributed by atoms with E-state index in [4.69, 9.17) is 10.2 Å². The average molecular weight is 181 g/mol. The molecule has 4 nitrogen and oxygen atoms in total. The minimum absolute atomic E-state index is 0.300. The van der Waals surface area contributed by atoms with Crippen LogP contribution in [0.25, 0.3) is 0 Å². The van der Waals surface area contributed by atoms with Gasteiger partial charge >= 0.3 is 0 Å². The van der Waals surface area contributed by atoms with Crippen molar-refractivity contribution in [1.29, 1.82) is 0 Å². The van der Waals surface area contributed by atoms with Gasteiger partial charge in [-0.15, -0.1) is 0 Å². The fraction of sp³-hybridized carbons (Fsp3) is 0.667. The highest BCUT2D eigenvalue weighted by Gasteiger charge is 2.18. The van der Waals surface area contributed by atoms with E-state index in [0.717, 1.165) is 24.6 Å². The molecule has 0 radical (unpaired) electrons. The molecule has 1 saturated heterocycles. The van der Waals surface area contributed by atoms with E-state index >= 15 is 0 Å². The summed E-state index contributed by atoms with van der Waals surface area (Å²) >= 11 is 0. The van der Waals surface area contributed by atoms with Gasteiger partial charge in [-0.2, -0.15) is 0 Å². The molecule has 1 aromatic rings. The lowest BCUT2D eigenvalue weighted by Crippen LogP contribution is -2.26. The molecule has 0 spiro atoms. The minimum atomic E-state index is 0.300. The lowest BCUT2D eigenvalue weighted by Gasteiger charge is -2.20. The molecule has 0 saturated carbocycles. The van der Waals surface area contributed by atoms with Crippen LogP contribution in [0.3, 0.4) is 0 Å². The Morgan fingerprint density at radius 3 is 3.15 bits per heavy atom. The molecule has 72 valence electrons. The molecule has 0 bridgehead atoms. The summed E-state index contributed by atoms with van der Waals surface area (Å²) in [4.78, 5) is 4.20. The summed E-state index contributed by atoms with van der Waals surface area (Å²) in [5, 5.41) is 3.38. The van der Waals surface area contributed by atoms with Gasteiger partial charge in [0.05, 0.1) is 18.8 Å². The third-order valence-corrected chi connectivity index (χ3v) is 2.38. The van der Waals surface area contributed by atoms with Gasteiger partial charge in [-0.05, 0) is 19.4 Å². The molecule has 1 fully saturated rings. The maximum Gasteiger partial charge on any atom is 0.211 e. The van der Waals surface area contributed by atoms with E-state index < -0.39 is 0 Å². The molecule has 1 aliphatic heterocycles. The molecule has 1 unspecified atom stereocenters. The topological polar surface area (TPSA) is 64.1 Å². The summed E-state index contributed by atoms with van der Waals surface area (Å²) in [5.41, 5.74) is 5.44. The summed E-state index contributed by atoms with van der Waals surface area (Å²) in [6.07, 6.45) is 5.33. The zero-order valence-electron chi connectivity index (χ0n) is 7.62. The Bertz CT molecular complexity index is 266. The van der Waals surface area contributed by atoms with Crippen LogP contribution < -0.4 is 11.1 Å². The van der Waals surface area contributed by atoms with Crippen LogP contribution in [0, 0.1) is 0 Å². The number of aromatic nitrogens is 1. The van der Waals surface area contributed by atoms with Crippen molar-refractivity contribution in [2.45, 2.75) is 31.8 Å². The van der Waals surface area contributed by atoms with Crippen LogP contribution in [-0.4, -0.2) is 11.5 Å². The van der Waals surface area contributed by atoms with Crippen LogP contribution >= 0.6 is 0 Å². The summed E-state index contributed by atoms with van der Waals surface area (Å²) in [6.45, 7) is 1.49. The van der Waals surface area contributed by atoms with Crippen LogP contribution in [0.15, 0.2) is 10.6 Å². The smallest absolute Gasteiger partial charge is 0.211 e. The fourth-order valence-corrected chi connectivity index (χ4v) is 1.64. The minimum Gasteiger partial charge on any atom is -0.443 e. The zero-order valence-corrected chi connectivity index (χ0v) is 7.62. The lowest BCUT2D eigenvalue weighted by molar-refractivity contribution is 0.329. The highest BCUT2D eigenvalue weighted by Crippen LogP contribution is 2.22. The third-order valence-electron chi connectivity index (χ3n) is 2.38. The molecule has 3 N–H and O–H groups in total. The molecule has 13 heavy (non-hydrogen) atoms. The van der Waals surface area contributed by atoms with Crippen molar-refractivity contribution < 1.29 is 4.42 Å². The number of nitrogens with zero attached hydrogens (tertiary/aromatic N) is 1. The standard InChI is InChI=1S/C9H15N3O/c10-5-7-6-12-9(13-7)8-3-1-2-4-11-8/h6,8,11H,1-5,10H2. The molecule has 1 aliphatic rings. The predicted molar refractivity (Wildman–Crippen MR) is 49.0 cm³/mol. The van der Waals surface area contributed by atoms with E-state index in [0.29, 0.717) is 12.6 Å². The van der Waals surface area contributed by atoms with Crippen LogP contribution in [0.2, 0.25) is 0 Å². The first kappa shape index (κ1) is 8.72. The average Bonchev–Trinajstić information content (AvgIpc) is 2.67. The Hall–Kier alpha value is -0.870. The van der Waals surface area contributed by atoms with Crippen LogP contribution in [0.1, 0.15) is 37.0 Å². The Labute approximate surface area is 77.5 Å². The van der Waals surface area contributed by atoms with E-state index in [9.17, 15) is 0 Å². The van der Waals surface area contributed by atoms with Gasteiger partial charge in [-0.1, -0.05) is 6.42 Å². The molecular formula is C9H15N3O. The van der Waals surface area contributed by atoms with Gasteiger partial charge < -0.3 is 15.5 Å². The summed E-state index contributed by atoms with van der Waals surface area (Å²) in [6, 6.07) is 0.300. The quantitative estimate of drug-likeness (QED) is 0.713. The molecule has 0 aromatic carbocycles. The largest absolute Gasteiger partial charge is 0.443 e. The highest BCUT2D eigenvalue weighted by atomic mass is 16.4. The van der Waals surface area contributed by atoms with Gasteiger partial charge in [0.15, 0.2) is 0 Å². The number of hydrogen-bond donors (Lipinski definition) is 2. The van der Waals surface area contributed by atoms with Crippen LogP contribution in [-0.2, 0) is 6.54 Å². The summed E-state index contributed by atoms with van der Waals surface area (Å²) in [5.74, 6) is 1.56. The van der Waals surface area contributed by atoms with Gasteiger partial charge in [-0.3, -0.25) is 0 Å². The number of nitrogens with two attached hydrogens (primary N) is 1. The van der Waals surface area contributed by atoms with Crippen molar-refractivity contribution >= 4 is 0 Å². The Kier molecular flexibility index (Phi) is 2.61. The molecule has 0 amide bonds. The fourth-order valence-electron chi connectivity index (χ4n) is 1.64. The van der Waals surface area contributed by atoms with E-state index in [1.165, 1.54) is 12.8 Å². The molecule has 0 aliphatic carbocycles. The summed E-state index contributed by atoms with van der Waals surface area (Å²) in [7, 11) is 0. The number of piperidine rings is 1. The van der Waals surface area contributed by atoms with Gasteiger partial charge in [-0.25, -0.2) is 4.98 Å². The third kappa shape index (κ3) is 1.89. The second-order valence-electron chi connectivity index (χ2n) is 3.37. The molecular weight excluding hydrogens is 166 g/mol. The normalized spacial score (nSPS) is 23.3. The van der Waals surface area contributed by atoms with Gasteiger partial charge in [0.2, 0.25) is 5.89 Å². The first-order valence-corrected chi connectivity index (χ1v) is 4.78. The number of rotatable bonds is 2. The van der Waals surface area contributed by atoms with E-state index in [1.807, 2.05) is 0 Å². The lowest BCUT2D eigenvalue weighted by atomic mass is 10.1. The van der Waals surface area contributed by atoms with Gasteiger partial charge in [0.25, 0.3) is 0 Å². The highest BCUT2D eigenvalue weighted by molar-refractivity contribution is 4.98. The first-order valence-electron chi connectivity index (χ1n) is 4.78. The van der Waals surface area contributed by atoms with E-state index in [2.05, 4.69) is 10.3 Å². The van der Waals surface area contributed by atoms with Crippen molar-refractivity contribution in [2.24, 2.45) is 5.73 Å². The predicted octanol–water partition coefficient (Wildman–Crippen LogP) is 0.948. The van der Waals surface area contributed by atoms with Crippen molar-refractivity contribution in [1.82, 2.24) is 10.3 Å². The second kappa shape index (κ2) is 3.89. The van der Waals surface area contributed by atoms with Crippen molar-refractivity contribution in [3.8, 4) is 0 Å². The van der Waals surface area contributed by atoms with E-state index in [-0.39, 0.29) is 0 Å². The second-order valence-corrected chi connectivity index (χ2v) is 3.37. The van der Waals surface area contributed by atoms with Gasteiger partial charge in [0.1, 0.15) is 5.76 Å². The van der Waals surface area contributed by atoms with Crippen molar-refractivity contribution in [3.63, 3.8) is 0 Å². The Morgan fingerprint density at radius 1 is 1.62 bits per heavy atom. The molecule has 1 atom stereocenters. The molecule has 4 heteroatoms. The summed E-state index contributed by atoms with van der Waals surface area (Å²) < 4.78 is 5.47. The molecule has 2 rings (SSSR count). The monoisotopic (exact) mass is 181 g/mol. The van der Waals surface area contributed by atoms with Crippen molar-refractivity contribution in [3.05, 3.63) is 17.8 Å². The molecule has 2 heterocycles. The number of hydrogen-bond acceptors (Lipinski definition) is 4. The SMILES string of the molecule is NCc1cnc(C2CCCCN2)o1. The Balaban J connectivity index is 2.05. The van der Waals surface area contributed by atoms with Gasteiger partial charge in [0, 0.05) is 0 Å². The first-order chi connectivity index (χ1) is 6.40. The Morgan fingerprint density at radius 2 is 2.54 bits per heavy atom. The maximum absolute atomic E-state index is 5.47.